The first kappa shape index (κ1) is 10.4. The summed E-state index contributed by atoms with van der Waals surface area (Å²) >= 11 is 0. The molecule has 0 radical (unpaired) electrons. The maximum atomic E-state index is 5.65. The second-order valence-electron chi connectivity index (χ2n) is 4.70. The molecule has 0 saturated carbocycles. The molecule has 1 aromatic rings. The second kappa shape index (κ2) is 3.81. The lowest BCUT2D eigenvalue weighted by atomic mass is 9.94. The number of nitrogens with one attached hydrogen (secondary N) is 2. The average Bonchev–Trinajstić information content (AvgIpc) is 2.49. The highest BCUT2D eigenvalue weighted by Crippen LogP contribution is 2.25. The van der Waals surface area contributed by atoms with Crippen LogP contribution >= 0.6 is 0 Å². The third kappa shape index (κ3) is 2.68. The fourth-order valence-corrected chi connectivity index (χ4v) is 1.96. The summed E-state index contributed by atoms with van der Waals surface area (Å²) in [7, 11) is 0. The fourth-order valence-electron chi connectivity index (χ4n) is 1.96. The number of hydrogen-bond acceptors (Lipinski definition) is 4. The van der Waals surface area contributed by atoms with Crippen LogP contribution in [-0.4, -0.2) is 33.4 Å². The van der Waals surface area contributed by atoms with Crippen molar-refractivity contribution in [3.63, 3.8) is 0 Å². The molecule has 15 heavy (non-hydrogen) atoms. The predicted molar refractivity (Wildman–Crippen MR) is 57.8 cm³/mol. The van der Waals surface area contributed by atoms with Gasteiger partial charge in [0.25, 0.3) is 0 Å². The van der Waals surface area contributed by atoms with E-state index in [-0.39, 0.29) is 5.60 Å². The number of anilines is 1. The van der Waals surface area contributed by atoms with Crippen LogP contribution in [0.2, 0.25) is 0 Å². The molecule has 1 aromatic heterocycles. The van der Waals surface area contributed by atoms with Crippen LogP contribution in [0.3, 0.4) is 0 Å². The maximum absolute atomic E-state index is 5.65. The van der Waals surface area contributed by atoms with Crippen molar-refractivity contribution in [3.05, 3.63) is 5.82 Å². The molecule has 0 bridgehead atoms. The predicted octanol–water partition coefficient (Wildman–Crippen LogP) is 1.48. The summed E-state index contributed by atoms with van der Waals surface area (Å²) in [5, 5.41) is 11.3. The molecular formula is C10H18N4O. The topological polar surface area (TPSA) is 62.8 Å². The van der Waals surface area contributed by atoms with Crippen molar-refractivity contribution in [1.29, 1.82) is 0 Å². The molecule has 0 aromatic carbocycles. The Morgan fingerprint density at radius 1 is 1.47 bits per heavy atom. The van der Waals surface area contributed by atoms with Crippen LogP contribution in [0.1, 0.15) is 32.5 Å². The van der Waals surface area contributed by atoms with Crippen molar-refractivity contribution in [1.82, 2.24) is 15.2 Å². The van der Waals surface area contributed by atoms with Gasteiger partial charge in [0.2, 0.25) is 5.95 Å². The molecule has 2 N–H and O–H groups in total. The molecule has 0 spiro atoms. The van der Waals surface area contributed by atoms with E-state index in [0.717, 1.165) is 31.2 Å². The Kier molecular flexibility index (Phi) is 2.65. The van der Waals surface area contributed by atoms with Gasteiger partial charge in [-0.15, -0.1) is 10.2 Å². The number of aromatic nitrogens is 3. The zero-order valence-corrected chi connectivity index (χ0v) is 9.50. The molecule has 84 valence electrons. The quantitative estimate of drug-likeness (QED) is 0.776. The normalized spacial score (nSPS) is 25.1. The van der Waals surface area contributed by atoms with Gasteiger partial charge in [0.15, 0.2) is 0 Å². The summed E-state index contributed by atoms with van der Waals surface area (Å²) < 4.78 is 5.65. The van der Waals surface area contributed by atoms with Crippen LogP contribution < -0.4 is 5.32 Å². The van der Waals surface area contributed by atoms with Gasteiger partial charge in [-0.05, 0) is 33.6 Å². The number of aryl methyl sites for hydroxylation is 1. The van der Waals surface area contributed by atoms with Crippen molar-refractivity contribution in [3.8, 4) is 0 Å². The van der Waals surface area contributed by atoms with Crippen LogP contribution in [0, 0.1) is 6.92 Å². The third-order valence-corrected chi connectivity index (χ3v) is 2.64. The fraction of sp³-hybridized carbons (Fsp3) is 0.800. The van der Waals surface area contributed by atoms with Crippen molar-refractivity contribution in [2.24, 2.45) is 0 Å². The molecule has 1 saturated heterocycles. The van der Waals surface area contributed by atoms with Crippen molar-refractivity contribution in [2.75, 3.05) is 11.9 Å². The first-order valence-corrected chi connectivity index (χ1v) is 5.35. The van der Waals surface area contributed by atoms with Crippen molar-refractivity contribution >= 4 is 5.95 Å². The minimum absolute atomic E-state index is 0.0367. The number of ether oxygens (including phenoxy) is 1. The molecule has 1 atom stereocenters. The van der Waals surface area contributed by atoms with E-state index in [1.165, 1.54) is 0 Å². The Morgan fingerprint density at radius 3 is 2.87 bits per heavy atom. The second-order valence-corrected chi connectivity index (χ2v) is 4.70. The molecule has 1 fully saturated rings. The summed E-state index contributed by atoms with van der Waals surface area (Å²) in [5.74, 6) is 1.60. The first-order valence-electron chi connectivity index (χ1n) is 5.35. The molecule has 0 amide bonds. The lowest BCUT2D eigenvalue weighted by molar-refractivity contribution is -0.0553. The van der Waals surface area contributed by atoms with Crippen molar-refractivity contribution < 1.29 is 4.74 Å². The van der Waals surface area contributed by atoms with Crippen LogP contribution in [0.15, 0.2) is 0 Å². The molecule has 5 heteroatoms. The van der Waals surface area contributed by atoms with Gasteiger partial charge >= 0.3 is 0 Å². The van der Waals surface area contributed by atoms with Gasteiger partial charge in [-0.3, -0.25) is 0 Å². The van der Waals surface area contributed by atoms with E-state index in [2.05, 4.69) is 34.3 Å². The molecule has 1 aliphatic rings. The highest BCUT2D eigenvalue weighted by molar-refractivity contribution is 5.24. The SMILES string of the molecule is Cc1nnc(NC2CCOC(C)(C)C2)[nH]1. The monoisotopic (exact) mass is 210 g/mol. The smallest absolute Gasteiger partial charge is 0.222 e. The van der Waals surface area contributed by atoms with E-state index in [0.29, 0.717) is 6.04 Å². The number of aromatic amines is 1. The summed E-state index contributed by atoms with van der Waals surface area (Å²) in [6.07, 6.45) is 2.01. The summed E-state index contributed by atoms with van der Waals surface area (Å²) in [5.41, 5.74) is -0.0367. The van der Waals surface area contributed by atoms with E-state index in [1.54, 1.807) is 0 Å². The highest BCUT2D eigenvalue weighted by atomic mass is 16.5. The van der Waals surface area contributed by atoms with Gasteiger partial charge < -0.3 is 15.0 Å². The van der Waals surface area contributed by atoms with Gasteiger partial charge in [-0.2, -0.15) is 0 Å². The lowest BCUT2D eigenvalue weighted by Crippen LogP contribution is -2.40. The number of nitrogens with zero attached hydrogens (tertiary/aromatic N) is 2. The largest absolute Gasteiger partial charge is 0.375 e. The molecule has 1 aliphatic heterocycles. The first-order chi connectivity index (χ1) is 7.05. The summed E-state index contributed by atoms with van der Waals surface area (Å²) in [6, 6.07) is 0.418. The van der Waals surface area contributed by atoms with Gasteiger partial charge in [-0.1, -0.05) is 0 Å². The highest BCUT2D eigenvalue weighted by Gasteiger charge is 2.29. The van der Waals surface area contributed by atoms with E-state index >= 15 is 0 Å². The lowest BCUT2D eigenvalue weighted by Gasteiger charge is -2.35. The van der Waals surface area contributed by atoms with Gasteiger partial charge in [0, 0.05) is 12.6 Å². The average molecular weight is 210 g/mol. The van der Waals surface area contributed by atoms with E-state index in [9.17, 15) is 0 Å². The van der Waals surface area contributed by atoms with E-state index < -0.39 is 0 Å². The van der Waals surface area contributed by atoms with Crippen molar-refractivity contribution in [2.45, 2.75) is 45.3 Å². The molecule has 1 unspecified atom stereocenters. The zero-order valence-electron chi connectivity index (χ0n) is 9.50. The van der Waals surface area contributed by atoms with Gasteiger partial charge in [0.1, 0.15) is 5.82 Å². The Morgan fingerprint density at radius 2 is 2.27 bits per heavy atom. The standard InChI is InChI=1S/C10H18N4O/c1-7-11-9(14-13-7)12-8-4-5-15-10(2,3)6-8/h8H,4-6H2,1-3H3,(H2,11,12,13,14). The number of hydrogen-bond donors (Lipinski definition) is 2. The summed E-state index contributed by atoms with van der Waals surface area (Å²) in [4.78, 5) is 3.08. The number of H-pyrrole nitrogens is 1. The summed E-state index contributed by atoms with van der Waals surface area (Å²) in [6.45, 7) is 6.93. The zero-order chi connectivity index (χ0) is 10.9. The minimum Gasteiger partial charge on any atom is -0.375 e. The van der Waals surface area contributed by atoms with E-state index in [1.807, 2.05) is 6.92 Å². The maximum Gasteiger partial charge on any atom is 0.222 e. The van der Waals surface area contributed by atoms with Gasteiger partial charge in [-0.25, -0.2) is 0 Å². The Bertz CT molecular complexity index is 334. The molecule has 5 nitrogen and oxygen atoms in total. The Balaban J connectivity index is 1.95. The third-order valence-electron chi connectivity index (χ3n) is 2.64. The minimum atomic E-state index is -0.0367. The molecular weight excluding hydrogens is 192 g/mol. The molecule has 2 rings (SSSR count). The molecule has 2 heterocycles. The number of rotatable bonds is 2. The van der Waals surface area contributed by atoms with Crippen LogP contribution in [0.25, 0.3) is 0 Å². The van der Waals surface area contributed by atoms with Crippen LogP contribution in [-0.2, 0) is 4.74 Å². The van der Waals surface area contributed by atoms with Gasteiger partial charge in [0.05, 0.1) is 5.60 Å². The van der Waals surface area contributed by atoms with Crippen LogP contribution in [0.5, 0.6) is 0 Å². The van der Waals surface area contributed by atoms with Crippen LogP contribution in [0.4, 0.5) is 5.95 Å². The Labute approximate surface area is 89.6 Å². The Hall–Kier alpha value is -1.10. The van der Waals surface area contributed by atoms with E-state index in [4.69, 9.17) is 4.74 Å². The molecule has 0 aliphatic carbocycles.